The minimum absolute atomic E-state index is 0.258. The van der Waals surface area contributed by atoms with Gasteiger partial charge >= 0.3 is 0 Å². The van der Waals surface area contributed by atoms with E-state index >= 15 is 0 Å². The van der Waals surface area contributed by atoms with Crippen LogP contribution in [0.4, 0.5) is 0 Å². The summed E-state index contributed by atoms with van der Waals surface area (Å²) >= 11 is 0. The van der Waals surface area contributed by atoms with Crippen LogP contribution in [0.5, 0.6) is 0 Å². The molecule has 0 heterocycles. The molecule has 1 aliphatic rings. The molecule has 0 aromatic carbocycles. The van der Waals surface area contributed by atoms with Gasteiger partial charge in [-0.25, -0.2) is 0 Å². The molecule has 0 saturated heterocycles. The van der Waals surface area contributed by atoms with Crippen LogP contribution < -0.4 is 11.5 Å². The molecule has 1 rings (SSSR count). The second-order valence-electron chi connectivity index (χ2n) is 3.25. The van der Waals surface area contributed by atoms with E-state index in [4.69, 9.17) is 11.5 Å². The molecular weight excluding hydrogens is 112 g/mol. The van der Waals surface area contributed by atoms with Gasteiger partial charge in [0.25, 0.3) is 0 Å². The molecule has 1 unspecified atom stereocenters. The van der Waals surface area contributed by atoms with Crippen LogP contribution in [0.25, 0.3) is 0 Å². The van der Waals surface area contributed by atoms with Gasteiger partial charge in [-0.05, 0) is 25.2 Å². The van der Waals surface area contributed by atoms with Crippen LogP contribution in [0.1, 0.15) is 26.2 Å². The third kappa shape index (κ3) is 1.66. The Bertz CT molecular complexity index is 92.9. The van der Waals surface area contributed by atoms with E-state index < -0.39 is 0 Å². The lowest BCUT2D eigenvalue weighted by Crippen LogP contribution is -2.45. The van der Waals surface area contributed by atoms with Crippen LogP contribution in [-0.2, 0) is 0 Å². The number of hydrogen-bond acceptors (Lipinski definition) is 2. The van der Waals surface area contributed by atoms with Crippen molar-refractivity contribution in [3.63, 3.8) is 0 Å². The van der Waals surface area contributed by atoms with Crippen molar-refractivity contribution < 1.29 is 0 Å². The average molecular weight is 128 g/mol. The first-order chi connectivity index (χ1) is 4.20. The Morgan fingerprint density at radius 3 is 2.22 bits per heavy atom. The lowest BCUT2D eigenvalue weighted by molar-refractivity contribution is 0.307. The summed E-state index contributed by atoms with van der Waals surface area (Å²) in [5, 5.41) is 0. The van der Waals surface area contributed by atoms with Gasteiger partial charge in [-0.3, -0.25) is 0 Å². The summed E-state index contributed by atoms with van der Waals surface area (Å²) in [6, 6.07) is 0.523. The number of hydrogen-bond donors (Lipinski definition) is 2. The van der Waals surface area contributed by atoms with Crippen LogP contribution in [-0.4, -0.2) is 12.1 Å². The molecule has 9 heavy (non-hydrogen) atoms. The molecule has 0 amide bonds. The third-order valence-electron chi connectivity index (χ3n) is 2.22. The Kier molecular flexibility index (Phi) is 2.09. The molecule has 0 spiro atoms. The molecule has 0 aliphatic heterocycles. The molecule has 1 fully saturated rings. The average Bonchev–Trinajstić information content (AvgIpc) is 1.80. The van der Waals surface area contributed by atoms with Crippen molar-refractivity contribution in [2.24, 2.45) is 17.4 Å². The fourth-order valence-corrected chi connectivity index (χ4v) is 1.45. The summed E-state index contributed by atoms with van der Waals surface area (Å²) in [5.74, 6) is 0.791. The lowest BCUT2D eigenvalue weighted by Gasteiger charge is -2.29. The van der Waals surface area contributed by atoms with E-state index in [0.717, 1.165) is 18.8 Å². The standard InChI is InChI=1S/C7H16N2/c1-5-2-3-6(8)7(9)4-5/h5-7H,2-4,8-9H2,1H3/t5?,6-,7+/m0/s1. The van der Waals surface area contributed by atoms with Gasteiger partial charge in [0.1, 0.15) is 0 Å². The molecule has 0 radical (unpaired) electrons. The van der Waals surface area contributed by atoms with Crippen LogP contribution in [0.3, 0.4) is 0 Å². The van der Waals surface area contributed by atoms with Crippen LogP contribution in [0, 0.1) is 5.92 Å². The van der Waals surface area contributed by atoms with Crippen molar-refractivity contribution in [2.75, 3.05) is 0 Å². The molecule has 4 N–H and O–H groups in total. The molecule has 0 bridgehead atoms. The van der Waals surface area contributed by atoms with E-state index in [2.05, 4.69) is 6.92 Å². The van der Waals surface area contributed by atoms with Crippen LogP contribution in [0.2, 0.25) is 0 Å². The first-order valence-electron chi connectivity index (χ1n) is 3.71. The van der Waals surface area contributed by atoms with Gasteiger partial charge in [0.2, 0.25) is 0 Å². The van der Waals surface area contributed by atoms with Gasteiger partial charge < -0.3 is 11.5 Å². The van der Waals surface area contributed by atoms with E-state index in [9.17, 15) is 0 Å². The Morgan fingerprint density at radius 1 is 1.11 bits per heavy atom. The molecule has 3 atom stereocenters. The topological polar surface area (TPSA) is 52.0 Å². The number of rotatable bonds is 0. The predicted octanol–water partition coefficient (Wildman–Crippen LogP) is 0.461. The maximum atomic E-state index is 5.74. The summed E-state index contributed by atoms with van der Waals surface area (Å²) in [6.07, 6.45) is 3.48. The van der Waals surface area contributed by atoms with Gasteiger partial charge in [-0.15, -0.1) is 0 Å². The fraction of sp³-hybridized carbons (Fsp3) is 1.00. The second kappa shape index (κ2) is 2.67. The summed E-state index contributed by atoms with van der Waals surface area (Å²) in [7, 11) is 0. The smallest absolute Gasteiger partial charge is 0.0194 e. The fourth-order valence-electron chi connectivity index (χ4n) is 1.45. The van der Waals surface area contributed by atoms with Crippen LogP contribution >= 0.6 is 0 Å². The van der Waals surface area contributed by atoms with E-state index in [1.807, 2.05) is 0 Å². The molecule has 2 nitrogen and oxygen atoms in total. The molecule has 0 aromatic rings. The van der Waals surface area contributed by atoms with E-state index in [-0.39, 0.29) is 12.1 Å². The molecule has 2 heteroatoms. The second-order valence-corrected chi connectivity index (χ2v) is 3.25. The monoisotopic (exact) mass is 128 g/mol. The van der Waals surface area contributed by atoms with E-state index in [1.54, 1.807) is 0 Å². The zero-order valence-electron chi connectivity index (χ0n) is 6.01. The van der Waals surface area contributed by atoms with E-state index in [1.165, 1.54) is 6.42 Å². The lowest BCUT2D eigenvalue weighted by atomic mass is 9.84. The highest BCUT2D eigenvalue weighted by Crippen LogP contribution is 2.21. The van der Waals surface area contributed by atoms with Crippen molar-refractivity contribution in [2.45, 2.75) is 38.3 Å². The predicted molar refractivity (Wildman–Crippen MR) is 39.0 cm³/mol. The maximum absolute atomic E-state index is 5.74. The first-order valence-corrected chi connectivity index (χ1v) is 3.71. The van der Waals surface area contributed by atoms with Gasteiger partial charge in [-0.1, -0.05) is 6.92 Å². The van der Waals surface area contributed by atoms with Crippen molar-refractivity contribution >= 4 is 0 Å². The summed E-state index contributed by atoms with van der Waals surface area (Å²) < 4.78 is 0. The summed E-state index contributed by atoms with van der Waals surface area (Å²) in [5.41, 5.74) is 11.5. The van der Waals surface area contributed by atoms with Gasteiger partial charge in [0.15, 0.2) is 0 Å². The van der Waals surface area contributed by atoms with Gasteiger partial charge in [0.05, 0.1) is 0 Å². The first kappa shape index (κ1) is 7.03. The van der Waals surface area contributed by atoms with Crippen molar-refractivity contribution in [3.8, 4) is 0 Å². The maximum Gasteiger partial charge on any atom is 0.0194 e. The van der Waals surface area contributed by atoms with Gasteiger partial charge in [-0.2, -0.15) is 0 Å². The van der Waals surface area contributed by atoms with Gasteiger partial charge in [0, 0.05) is 12.1 Å². The summed E-state index contributed by atoms with van der Waals surface area (Å²) in [6.45, 7) is 2.24. The molecule has 1 aliphatic carbocycles. The highest BCUT2D eigenvalue weighted by Gasteiger charge is 2.21. The minimum atomic E-state index is 0.258. The third-order valence-corrected chi connectivity index (χ3v) is 2.22. The van der Waals surface area contributed by atoms with Crippen molar-refractivity contribution in [1.82, 2.24) is 0 Å². The minimum Gasteiger partial charge on any atom is -0.326 e. The molecular formula is C7H16N2. The highest BCUT2D eigenvalue weighted by atomic mass is 14.8. The normalized spacial score (nSPS) is 45.0. The Labute approximate surface area is 56.6 Å². The number of nitrogens with two attached hydrogens (primary N) is 2. The Morgan fingerprint density at radius 2 is 1.78 bits per heavy atom. The molecule has 1 saturated carbocycles. The quantitative estimate of drug-likeness (QED) is 0.498. The van der Waals surface area contributed by atoms with Crippen molar-refractivity contribution in [3.05, 3.63) is 0 Å². The van der Waals surface area contributed by atoms with Crippen LogP contribution in [0.15, 0.2) is 0 Å². The summed E-state index contributed by atoms with van der Waals surface area (Å²) in [4.78, 5) is 0. The highest BCUT2D eigenvalue weighted by molar-refractivity contribution is 4.83. The Balaban J connectivity index is 2.35. The van der Waals surface area contributed by atoms with E-state index in [0.29, 0.717) is 0 Å². The zero-order valence-corrected chi connectivity index (χ0v) is 6.01. The van der Waals surface area contributed by atoms with Crippen molar-refractivity contribution in [1.29, 1.82) is 0 Å². The Hall–Kier alpha value is -0.0800. The molecule has 0 aromatic heterocycles. The SMILES string of the molecule is CC1CC[C@H](N)[C@H](N)C1. The molecule has 54 valence electrons. The zero-order chi connectivity index (χ0) is 6.85. The largest absolute Gasteiger partial charge is 0.326 e.